The summed E-state index contributed by atoms with van der Waals surface area (Å²) in [5, 5.41) is 1.97. The zero-order chi connectivity index (χ0) is 18.4. The number of thiophene rings is 1. The predicted molar refractivity (Wildman–Crippen MR) is 100 cm³/mol. The summed E-state index contributed by atoms with van der Waals surface area (Å²) in [6, 6.07) is 7.10. The lowest BCUT2D eigenvalue weighted by Gasteiger charge is -2.21. The normalized spacial score (nSPS) is 17.2. The Morgan fingerprint density at radius 3 is 2.68 bits per heavy atom. The van der Waals surface area contributed by atoms with Crippen LogP contribution >= 0.6 is 11.3 Å². The van der Waals surface area contributed by atoms with Crippen molar-refractivity contribution in [2.75, 3.05) is 11.9 Å². The summed E-state index contributed by atoms with van der Waals surface area (Å²) in [6.07, 6.45) is 0.673. The molecule has 2 heterocycles. The van der Waals surface area contributed by atoms with Crippen molar-refractivity contribution in [2.45, 2.75) is 44.7 Å². The van der Waals surface area contributed by atoms with Crippen LogP contribution in [0.1, 0.15) is 29.9 Å². The molecule has 0 saturated carbocycles. The number of carbonyl (C=O) groups excluding carboxylic acids is 1. The molecule has 0 saturated heterocycles. The molecule has 3 rings (SSSR count). The largest absolute Gasteiger partial charge is 0.309 e. The van der Waals surface area contributed by atoms with Crippen LogP contribution in [0.2, 0.25) is 0 Å². The topological polar surface area (TPSA) is 57.7 Å². The van der Waals surface area contributed by atoms with Gasteiger partial charge >= 0.3 is 0 Å². The lowest BCUT2D eigenvalue weighted by Crippen LogP contribution is -2.33. The fraction of sp³-hybridized carbons (Fsp3) is 0.389. The van der Waals surface area contributed by atoms with Crippen LogP contribution in [0.4, 0.5) is 5.69 Å². The molecular formula is C18H22N2O3S2. The van der Waals surface area contributed by atoms with Crippen LogP contribution in [0.25, 0.3) is 0 Å². The molecule has 0 aliphatic carbocycles. The molecule has 1 unspecified atom stereocenters. The molecule has 0 fully saturated rings. The molecule has 1 amide bonds. The quantitative estimate of drug-likeness (QED) is 0.821. The van der Waals surface area contributed by atoms with Gasteiger partial charge in [0.25, 0.3) is 0 Å². The molecule has 1 aromatic carbocycles. The van der Waals surface area contributed by atoms with Crippen molar-refractivity contribution in [1.29, 1.82) is 0 Å². The molecule has 0 N–H and O–H groups in total. The third-order valence-corrected chi connectivity index (χ3v) is 7.46. The van der Waals surface area contributed by atoms with Crippen LogP contribution in [-0.4, -0.2) is 31.7 Å². The number of amides is 1. The number of fused-ring (bicyclic) bond motifs is 1. The van der Waals surface area contributed by atoms with Gasteiger partial charge in [0.2, 0.25) is 15.9 Å². The van der Waals surface area contributed by atoms with Gasteiger partial charge in [-0.05, 0) is 61.0 Å². The highest BCUT2D eigenvalue weighted by Gasteiger charge is 2.31. The van der Waals surface area contributed by atoms with Crippen LogP contribution in [0.5, 0.6) is 0 Å². The Kier molecular flexibility index (Phi) is 4.74. The van der Waals surface area contributed by atoms with Gasteiger partial charge in [-0.25, -0.2) is 8.42 Å². The van der Waals surface area contributed by atoms with E-state index in [4.69, 9.17) is 0 Å². The Morgan fingerprint density at radius 1 is 1.36 bits per heavy atom. The van der Waals surface area contributed by atoms with E-state index in [1.165, 1.54) is 11.2 Å². The van der Waals surface area contributed by atoms with Gasteiger partial charge in [-0.3, -0.25) is 4.79 Å². The maximum absolute atomic E-state index is 12.9. The average molecular weight is 379 g/mol. The summed E-state index contributed by atoms with van der Waals surface area (Å²) < 4.78 is 27.2. The average Bonchev–Trinajstić information content (AvgIpc) is 3.08. The number of nitrogens with zero attached hydrogens (tertiary/aromatic N) is 2. The van der Waals surface area contributed by atoms with E-state index in [0.717, 1.165) is 21.7 Å². The number of benzene rings is 1. The highest BCUT2D eigenvalue weighted by atomic mass is 32.2. The van der Waals surface area contributed by atoms with Gasteiger partial charge in [-0.2, -0.15) is 4.31 Å². The first-order valence-electron chi connectivity index (χ1n) is 8.14. The third-order valence-electron chi connectivity index (χ3n) is 4.65. The van der Waals surface area contributed by atoms with E-state index in [0.29, 0.717) is 13.0 Å². The smallest absolute Gasteiger partial charge is 0.243 e. The fourth-order valence-corrected chi connectivity index (χ4v) is 5.51. The number of hydrogen-bond donors (Lipinski definition) is 0. The summed E-state index contributed by atoms with van der Waals surface area (Å²) >= 11 is 1.56. The van der Waals surface area contributed by atoms with Crippen molar-refractivity contribution in [1.82, 2.24) is 4.31 Å². The highest BCUT2D eigenvalue weighted by Crippen LogP contribution is 2.34. The van der Waals surface area contributed by atoms with Crippen LogP contribution in [-0.2, 0) is 27.8 Å². The molecular weight excluding hydrogens is 356 g/mol. The lowest BCUT2D eigenvalue weighted by molar-refractivity contribution is -0.116. The van der Waals surface area contributed by atoms with Crippen molar-refractivity contribution in [3.63, 3.8) is 0 Å². The molecule has 2 aromatic rings. The van der Waals surface area contributed by atoms with Crippen LogP contribution in [0, 0.1) is 6.92 Å². The second-order valence-corrected chi connectivity index (χ2v) is 9.57. The van der Waals surface area contributed by atoms with Crippen LogP contribution in [0.15, 0.2) is 34.5 Å². The Balaban J connectivity index is 1.90. The van der Waals surface area contributed by atoms with Crippen molar-refractivity contribution >= 4 is 33.0 Å². The molecule has 0 bridgehead atoms. The molecule has 1 aliphatic rings. The van der Waals surface area contributed by atoms with E-state index in [2.05, 4.69) is 0 Å². The van der Waals surface area contributed by atoms with E-state index in [1.807, 2.05) is 25.3 Å². The number of sulfonamides is 1. The number of aryl methyl sites for hydroxylation is 1. The van der Waals surface area contributed by atoms with Crippen LogP contribution in [0.3, 0.4) is 0 Å². The molecule has 7 heteroatoms. The summed E-state index contributed by atoms with van der Waals surface area (Å²) in [7, 11) is -1.97. The van der Waals surface area contributed by atoms with Crippen molar-refractivity contribution in [3.8, 4) is 0 Å². The molecule has 1 aromatic heterocycles. The zero-order valence-corrected chi connectivity index (χ0v) is 16.4. The van der Waals surface area contributed by atoms with Crippen LogP contribution < -0.4 is 4.90 Å². The predicted octanol–water partition coefficient (Wildman–Crippen LogP) is 3.17. The van der Waals surface area contributed by atoms with Gasteiger partial charge in [0.1, 0.15) is 0 Å². The number of hydrogen-bond acceptors (Lipinski definition) is 4. The number of anilines is 1. The van der Waals surface area contributed by atoms with Gasteiger partial charge in [0.05, 0.1) is 4.90 Å². The first kappa shape index (κ1) is 18.1. The van der Waals surface area contributed by atoms with E-state index < -0.39 is 10.0 Å². The van der Waals surface area contributed by atoms with E-state index in [-0.39, 0.29) is 16.8 Å². The second-order valence-electron chi connectivity index (χ2n) is 6.52. The summed E-state index contributed by atoms with van der Waals surface area (Å²) in [5.41, 5.74) is 2.83. The maximum atomic E-state index is 12.9. The summed E-state index contributed by atoms with van der Waals surface area (Å²) in [4.78, 5) is 14.9. The molecule has 0 spiro atoms. The van der Waals surface area contributed by atoms with Crippen molar-refractivity contribution in [3.05, 3.63) is 45.6 Å². The van der Waals surface area contributed by atoms with Gasteiger partial charge in [0, 0.05) is 37.1 Å². The highest BCUT2D eigenvalue weighted by molar-refractivity contribution is 7.89. The second kappa shape index (κ2) is 6.55. The third kappa shape index (κ3) is 3.23. The first-order valence-corrected chi connectivity index (χ1v) is 10.5. The monoisotopic (exact) mass is 378 g/mol. The Hall–Kier alpha value is -1.70. The Morgan fingerprint density at radius 2 is 2.08 bits per heavy atom. The SMILES string of the molecule is CC(=O)N1c2ccc(S(=O)(=O)N(C)Cc3sccc3C)cc2CC1C. The van der Waals surface area contributed by atoms with Gasteiger partial charge in [-0.1, -0.05) is 0 Å². The van der Waals surface area contributed by atoms with Gasteiger partial charge in [0.15, 0.2) is 0 Å². The summed E-state index contributed by atoms with van der Waals surface area (Å²) in [6.45, 7) is 5.85. The number of carbonyl (C=O) groups is 1. The molecule has 5 nitrogen and oxygen atoms in total. The maximum Gasteiger partial charge on any atom is 0.243 e. The van der Waals surface area contributed by atoms with E-state index in [9.17, 15) is 13.2 Å². The number of rotatable bonds is 4. The molecule has 134 valence electrons. The Labute approximate surface area is 152 Å². The minimum atomic E-state index is -3.57. The van der Waals surface area contributed by atoms with E-state index in [1.54, 1.807) is 41.5 Å². The first-order chi connectivity index (χ1) is 11.7. The standard InChI is InChI=1S/C18H22N2O3S2/c1-12-7-8-24-18(12)11-19(4)25(22,23)16-5-6-17-15(10-16)9-13(2)20(17)14(3)21/h5-8,10,13H,9,11H2,1-4H3. The van der Waals surface area contributed by atoms with Crippen molar-refractivity contribution < 1.29 is 13.2 Å². The fourth-order valence-electron chi connectivity index (χ4n) is 3.28. The zero-order valence-electron chi connectivity index (χ0n) is 14.8. The molecule has 25 heavy (non-hydrogen) atoms. The molecule has 1 aliphatic heterocycles. The van der Waals surface area contributed by atoms with Crippen molar-refractivity contribution in [2.24, 2.45) is 0 Å². The van der Waals surface area contributed by atoms with Gasteiger partial charge in [-0.15, -0.1) is 11.3 Å². The molecule has 0 radical (unpaired) electrons. The minimum absolute atomic E-state index is 0.0212. The van der Waals surface area contributed by atoms with Gasteiger partial charge < -0.3 is 4.90 Å². The summed E-state index contributed by atoms with van der Waals surface area (Å²) in [5.74, 6) is -0.0212. The lowest BCUT2D eigenvalue weighted by atomic mass is 10.1. The molecule has 1 atom stereocenters. The van der Waals surface area contributed by atoms with E-state index >= 15 is 0 Å². The minimum Gasteiger partial charge on any atom is -0.309 e. The Bertz CT molecular complexity index is 918.